The summed E-state index contributed by atoms with van der Waals surface area (Å²) in [5.74, 6) is 0.537. The smallest absolute Gasteiger partial charge is 0.209 e. The van der Waals surface area contributed by atoms with E-state index in [-0.39, 0.29) is 5.92 Å². The van der Waals surface area contributed by atoms with Crippen LogP contribution in [0.1, 0.15) is 58.9 Å². The maximum absolute atomic E-state index is 6.11. The van der Waals surface area contributed by atoms with Crippen LogP contribution in [-0.2, 0) is 4.74 Å². The molecular formula is C19H30O2. The van der Waals surface area contributed by atoms with Crippen LogP contribution in [0.5, 0.6) is 5.75 Å². The van der Waals surface area contributed by atoms with Gasteiger partial charge >= 0.3 is 0 Å². The monoisotopic (exact) mass is 290 g/mol. The summed E-state index contributed by atoms with van der Waals surface area (Å²) in [7, 11) is 0. The van der Waals surface area contributed by atoms with Crippen LogP contribution < -0.4 is 4.74 Å². The summed E-state index contributed by atoms with van der Waals surface area (Å²) in [4.78, 5) is 0. The lowest BCUT2D eigenvalue weighted by Crippen LogP contribution is -2.41. The first kappa shape index (κ1) is 17.8. The molecule has 0 bridgehead atoms. The minimum absolute atomic E-state index is 0.280. The summed E-state index contributed by atoms with van der Waals surface area (Å²) in [6.07, 6.45) is 6.66. The summed E-state index contributed by atoms with van der Waals surface area (Å²) in [5.41, 5.74) is 1.09. The van der Waals surface area contributed by atoms with Gasteiger partial charge in [0, 0.05) is 12.8 Å². The van der Waals surface area contributed by atoms with Crippen molar-refractivity contribution in [2.75, 3.05) is 6.61 Å². The third-order valence-electron chi connectivity index (χ3n) is 3.87. The first-order valence-corrected chi connectivity index (χ1v) is 8.07. The average molecular weight is 290 g/mol. The van der Waals surface area contributed by atoms with E-state index < -0.39 is 5.79 Å². The molecule has 0 radical (unpaired) electrons. The molecule has 1 rings (SSSR count). The molecule has 21 heavy (non-hydrogen) atoms. The van der Waals surface area contributed by atoms with Crippen LogP contribution in [0.25, 0.3) is 6.08 Å². The molecule has 0 aliphatic heterocycles. The van der Waals surface area contributed by atoms with Gasteiger partial charge in [0.05, 0.1) is 6.61 Å². The van der Waals surface area contributed by atoms with Gasteiger partial charge in [-0.15, -0.1) is 0 Å². The van der Waals surface area contributed by atoms with Crippen LogP contribution in [0.15, 0.2) is 30.8 Å². The van der Waals surface area contributed by atoms with E-state index in [4.69, 9.17) is 9.47 Å². The minimum Gasteiger partial charge on any atom is -0.462 e. The maximum Gasteiger partial charge on any atom is 0.209 e. The van der Waals surface area contributed by atoms with E-state index in [9.17, 15) is 0 Å². The molecule has 0 saturated heterocycles. The first-order chi connectivity index (χ1) is 10.0. The van der Waals surface area contributed by atoms with E-state index in [1.165, 1.54) is 19.3 Å². The summed E-state index contributed by atoms with van der Waals surface area (Å²) in [5, 5.41) is 0. The van der Waals surface area contributed by atoms with Crippen molar-refractivity contribution < 1.29 is 9.47 Å². The van der Waals surface area contributed by atoms with Crippen molar-refractivity contribution in [3.63, 3.8) is 0 Å². The summed E-state index contributed by atoms with van der Waals surface area (Å²) in [6, 6.07) is 7.95. The van der Waals surface area contributed by atoms with E-state index >= 15 is 0 Å². The molecule has 118 valence electrons. The van der Waals surface area contributed by atoms with Gasteiger partial charge in [0.2, 0.25) is 5.79 Å². The number of ether oxygens (including phenoxy) is 2. The number of unbranched alkanes of at least 4 members (excludes halogenated alkanes) is 3. The van der Waals surface area contributed by atoms with Crippen LogP contribution >= 0.6 is 0 Å². The zero-order valence-corrected chi connectivity index (χ0v) is 14.0. The van der Waals surface area contributed by atoms with Crippen molar-refractivity contribution in [1.82, 2.24) is 0 Å². The van der Waals surface area contributed by atoms with Gasteiger partial charge in [0.25, 0.3) is 0 Å². The summed E-state index contributed by atoms with van der Waals surface area (Å²) in [6.45, 7) is 13.0. The molecule has 0 aliphatic rings. The van der Waals surface area contributed by atoms with Gasteiger partial charge in [-0.2, -0.15) is 0 Å². The zero-order chi connectivity index (χ0) is 15.7. The lowest BCUT2D eigenvalue weighted by atomic mass is 10.0. The normalized spacial score (nSPS) is 14.0. The van der Waals surface area contributed by atoms with E-state index in [1.54, 1.807) is 0 Å². The highest BCUT2D eigenvalue weighted by Crippen LogP contribution is 2.27. The second-order valence-corrected chi connectivity index (χ2v) is 5.96. The Labute approximate surface area is 130 Å². The topological polar surface area (TPSA) is 18.5 Å². The maximum atomic E-state index is 6.11. The van der Waals surface area contributed by atoms with E-state index in [1.807, 2.05) is 37.3 Å². The predicted molar refractivity (Wildman–Crippen MR) is 90.5 cm³/mol. The molecule has 0 saturated carbocycles. The Morgan fingerprint density at radius 3 is 2.33 bits per heavy atom. The number of hydrogen-bond donors (Lipinski definition) is 0. The van der Waals surface area contributed by atoms with Crippen LogP contribution in [-0.4, -0.2) is 12.4 Å². The molecule has 0 amide bonds. The fourth-order valence-electron chi connectivity index (χ4n) is 2.02. The highest BCUT2D eigenvalue weighted by Gasteiger charge is 2.31. The Kier molecular flexibility index (Phi) is 7.52. The standard InChI is InChI=1S/C19H30O2/c1-6-8-9-10-15-20-19(5,16(3)4)21-18-13-11-17(7-2)12-14-18/h7,11-14,16H,2,6,8-10,15H2,1,3-5H3. The molecule has 1 unspecified atom stereocenters. The van der Waals surface area contributed by atoms with Crippen LogP contribution in [0.2, 0.25) is 0 Å². The molecule has 0 aliphatic carbocycles. The van der Waals surface area contributed by atoms with E-state index in [2.05, 4.69) is 27.4 Å². The van der Waals surface area contributed by atoms with Gasteiger partial charge in [-0.3, -0.25) is 0 Å². The molecular weight excluding hydrogens is 260 g/mol. The SMILES string of the molecule is C=Cc1ccc(OC(C)(OCCCCCC)C(C)C)cc1. The van der Waals surface area contributed by atoms with Gasteiger partial charge in [0.1, 0.15) is 5.75 Å². The van der Waals surface area contributed by atoms with E-state index in [0.717, 1.165) is 24.3 Å². The Bertz CT molecular complexity index is 408. The van der Waals surface area contributed by atoms with Crippen molar-refractivity contribution in [2.45, 2.75) is 59.2 Å². The van der Waals surface area contributed by atoms with E-state index in [0.29, 0.717) is 0 Å². The Balaban J connectivity index is 2.59. The van der Waals surface area contributed by atoms with Gasteiger partial charge in [-0.25, -0.2) is 0 Å². The Morgan fingerprint density at radius 2 is 1.81 bits per heavy atom. The third kappa shape index (κ3) is 5.92. The zero-order valence-electron chi connectivity index (χ0n) is 14.0. The first-order valence-electron chi connectivity index (χ1n) is 8.07. The average Bonchev–Trinajstić information content (AvgIpc) is 2.47. The Hall–Kier alpha value is -1.28. The number of rotatable bonds is 10. The second kappa shape index (κ2) is 8.89. The van der Waals surface area contributed by atoms with Gasteiger partial charge < -0.3 is 9.47 Å². The van der Waals surface area contributed by atoms with Crippen LogP contribution in [0.4, 0.5) is 0 Å². The van der Waals surface area contributed by atoms with Crippen molar-refractivity contribution in [3.8, 4) is 5.75 Å². The molecule has 0 aromatic heterocycles. The molecule has 0 spiro atoms. The predicted octanol–water partition coefficient (Wildman–Crippen LogP) is 5.68. The quantitative estimate of drug-likeness (QED) is 0.408. The molecule has 0 heterocycles. The van der Waals surface area contributed by atoms with Crippen molar-refractivity contribution in [3.05, 3.63) is 36.4 Å². The van der Waals surface area contributed by atoms with Crippen molar-refractivity contribution >= 4 is 6.08 Å². The van der Waals surface area contributed by atoms with Crippen LogP contribution in [0.3, 0.4) is 0 Å². The highest BCUT2D eigenvalue weighted by atomic mass is 16.7. The second-order valence-electron chi connectivity index (χ2n) is 5.96. The fraction of sp³-hybridized carbons (Fsp3) is 0.579. The van der Waals surface area contributed by atoms with Crippen molar-refractivity contribution in [2.24, 2.45) is 5.92 Å². The lowest BCUT2D eigenvalue weighted by Gasteiger charge is -2.34. The largest absolute Gasteiger partial charge is 0.462 e. The minimum atomic E-state index is -0.581. The highest BCUT2D eigenvalue weighted by molar-refractivity contribution is 5.48. The number of benzene rings is 1. The molecule has 1 atom stereocenters. The summed E-state index contributed by atoms with van der Waals surface area (Å²) >= 11 is 0. The lowest BCUT2D eigenvalue weighted by molar-refractivity contribution is -0.198. The van der Waals surface area contributed by atoms with Crippen molar-refractivity contribution in [1.29, 1.82) is 0 Å². The fourth-order valence-corrected chi connectivity index (χ4v) is 2.02. The van der Waals surface area contributed by atoms with Crippen LogP contribution in [0, 0.1) is 5.92 Å². The van der Waals surface area contributed by atoms with Gasteiger partial charge in [0.15, 0.2) is 0 Å². The van der Waals surface area contributed by atoms with Gasteiger partial charge in [-0.1, -0.05) is 64.8 Å². The molecule has 0 fully saturated rings. The van der Waals surface area contributed by atoms with Gasteiger partial charge in [-0.05, 0) is 24.1 Å². The summed E-state index contributed by atoms with van der Waals surface area (Å²) < 4.78 is 12.2. The molecule has 1 aromatic carbocycles. The molecule has 0 N–H and O–H groups in total. The molecule has 1 aromatic rings. The third-order valence-corrected chi connectivity index (χ3v) is 3.87. The molecule has 2 heteroatoms. The molecule has 2 nitrogen and oxygen atoms in total. The number of hydrogen-bond acceptors (Lipinski definition) is 2. The Morgan fingerprint density at radius 1 is 1.14 bits per heavy atom.